The Morgan fingerprint density at radius 1 is 1.33 bits per heavy atom. The van der Waals surface area contributed by atoms with Crippen LogP contribution in [0.15, 0.2) is 24.3 Å². The van der Waals surface area contributed by atoms with Gasteiger partial charge in [0.25, 0.3) is 0 Å². The Hall–Kier alpha value is -1.35. The highest BCUT2D eigenvalue weighted by atomic mass is 16.2. The topological polar surface area (TPSA) is 32.3 Å². The Labute approximate surface area is 108 Å². The zero-order valence-electron chi connectivity index (χ0n) is 11.0. The molecule has 3 nitrogen and oxygen atoms in total. The molecule has 1 saturated heterocycles. The second-order valence-electron chi connectivity index (χ2n) is 5.71. The highest BCUT2D eigenvalue weighted by Gasteiger charge is 2.39. The van der Waals surface area contributed by atoms with Crippen LogP contribution < -0.4 is 5.32 Å². The predicted octanol–water partition coefficient (Wildman–Crippen LogP) is 2.08. The summed E-state index contributed by atoms with van der Waals surface area (Å²) < 4.78 is 0. The van der Waals surface area contributed by atoms with Crippen LogP contribution >= 0.6 is 0 Å². The summed E-state index contributed by atoms with van der Waals surface area (Å²) in [7, 11) is 0. The second-order valence-corrected chi connectivity index (χ2v) is 5.71. The highest BCUT2D eigenvalue weighted by molar-refractivity contribution is 5.81. The van der Waals surface area contributed by atoms with Gasteiger partial charge in [-0.3, -0.25) is 10.1 Å². The summed E-state index contributed by atoms with van der Waals surface area (Å²) in [6.07, 6.45) is 1.34. The van der Waals surface area contributed by atoms with Gasteiger partial charge in [0.1, 0.15) is 6.17 Å². The number of nitrogens with one attached hydrogen (secondary N) is 1. The van der Waals surface area contributed by atoms with Crippen LogP contribution in [0.4, 0.5) is 0 Å². The molecule has 1 aromatic rings. The Balaban J connectivity index is 1.77. The van der Waals surface area contributed by atoms with Gasteiger partial charge in [0.15, 0.2) is 0 Å². The van der Waals surface area contributed by atoms with Crippen LogP contribution in [-0.2, 0) is 4.79 Å². The molecule has 3 rings (SSSR count). The van der Waals surface area contributed by atoms with Gasteiger partial charge in [0.05, 0.1) is 6.54 Å². The fraction of sp³-hybridized carbons (Fsp3) is 0.533. The number of rotatable bonds is 3. The van der Waals surface area contributed by atoms with Crippen molar-refractivity contribution in [3.05, 3.63) is 35.4 Å². The molecule has 1 aliphatic carbocycles. The van der Waals surface area contributed by atoms with E-state index in [0.29, 0.717) is 12.5 Å². The number of carbonyl (C=O) groups excluding carboxylic acids is 1. The Morgan fingerprint density at radius 3 is 2.61 bits per heavy atom. The maximum absolute atomic E-state index is 12.0. The van der Waals surface area contributed by atoms with E-state index in [-0.39, 0.29) is 12.1 Å². The van der Waals surface area contributed by atoms with Crippen molar-refractivity contribution < 1.29 is 4.79 Å². The number of benzene rings is 1. The van der Waals surface area contributed by atoms with Gasteiger partial charge in [-0.2, -0.15) is 0 Å². The first-order valence-corrected chi connectivity index (χ1v) is 6.74. The van der Waals surface area contributed by atoms with Crippen molar-refractivity contribution in [1.82, 2.24) is 10.2 Å². The Morgan fingerprint density at radius 2 is 2.00 bits per heavy atom. The fourth-order valence-electron chi connectivity index (χ4n) is 2.70. The molecule has 1 heterocycles. The van der Waals surface area contributed by atoms with E-state index in [1.807, 2.05) is 4.90 Å². The summed E-state index contributed by atoms with van der Waals surface area (Å²) in [5.41, 5.74) is 2.45. The number of nitrogens with zero attached hydrogens (tertiary/aromatic N) is 1. The number of hydrogen-bond donors (Lipinski definition) is 1. The Kier molecular flexibility index (Phi) is 2.86. The first kappa shape index (κ1) is 11.7. The SMILES string of the molecule is Cc1ccc(C2NCC(=O)N2CC2CC2C)cc1. The van der Waals surface area contributed by atoms with E-state index in [1.54, 1.807) is 0 Å². The van der Waals surface area contributed by atoms with Crippen LogP contribution in [-0.4, -0.2) is 23.9 Å². The van der Waals surface area contributed by atoms with Gasteiger partial charge in [0.2, 0.25) is 5.91 Å². The van der Waals surface area contributed by atoms with Crippen molar-refractivity contribution >= 4 is 5.91 Å². The molecule has 1 saturated carbocycles. The average Bonchev–Trinajstić information content (AvgIpc) is 2.93. The van der Waals surface area contributed by atoms with Crippen LogP contribution in [0.1, 0.15) is 30.6 Å². The summed E-state index contributed by atoms with van der Waals surface area (Å²) in [6, 6.07) is 8.46. The van der Waals surface area contributed by atoms with Crippen molar-refractivity contribution in [2.24, 2.45) is 11.8 Å². The molecule has 0 radical (unpaired) electrons. The lowest BCUT2D eigenvalue weighted by Gasteiger charge is -2.25. The number of aryl methyl sites for hydroxylation is 1. The monoisotopic (exact) mass is 244 g/mol. The molecule has 2 fully saturated rings. The van der Waals surface area contributed by atoms with Crippen LogP contribution in [0, 0.1) is 18.8 Å². The van der Waals surface area contributed by atoms with Gasteiger partial charge in [-0.15, -0.1) is 0 Å². The average molecular weight is 244 g/mol. The molecule has 0 aromatic heterocycles. The number of hydrogen-bond acceptors (Lipinski definition) is 2. The number of amides is 1. The smallest absolute Gasteiger partial charge is 0.238 e. The summed E-state index contributed by atoms with van der Waals surface area (Å²) in [5.74, 6) is 1.73. The molecule has 2 aliphatic rings. The van der Waals surface area contributed by atoms with Crippen LogP contribution in [0.5, 0.6) is 0 Å². The quantitative estimate of drug-likeness (QED) is 0.883. The zero-order valence-corrected chi connectivity index (χ0v) is 11.0. The van der Waals surface area contributed by atoms with E-state index in [4.69, 9.17) is 0 Å². The third-order valence-corrected chi connectivity index (χ3v) is 4.18. The molecule has 1 aromatic carbocycles. The van der Waals surface area contributed by atoms with Crippen molar-refractivity contribution in [2.75, 3.05) is 13.1 Å². The van der Waals surface area contributed by atoms with Gasteiger partial charge in [0, 0.05) is 6.54 Å². The van der Waals surface area contributed by atoms with Crippen molar-refractivity contribution in [3.8, 4) is 0 Å². The van der Waals surface area contributed by atoms with E-state index in [9.17, 15) is 4.79 Å². The third-order valence-electron chi connectivity index (χ3n) is 4.18. The van der Waals surface area contributed by atoms with Crippen molar-refractivity contribution in [2.45, 2.75) is 26.4 Å². The van der Waals surface area contributed by atoms with Crippen LogP contribution in [0.3, 0.4) is 0 Å². The molecule has 1 aliphatic heterocycles. The van der Waals surface area contributed by atoms with Crippen LogP contribution in [0.2, 0.25) is 0 Å². The molecule has 0 bridgehead atoms. The summed E-state index contributed by atoms with van der Waals surface area (Å²) in [6.45, 7) is 5.73. The van der Waals surface area contributed by atoms with Gasteiger partial charge >= 0.3 is 0 Å². The van der Waals surface area contributed by atoms with Crippen molar-refractivity contribution in [3.63, 3.8) is 0 Å². The minimum atomic E-state index is 0.0749. The molecule has 96 valence electrons. The van der Waals surface area contributed by atoms with E-state index in [1.165, 1.54) is 17.5 Å². The predicted molar refractivity (Wildman–Crippen MR) is 70.9 cm³/mol. The zero-order chi connectivity index (χ0) is 12.7. The Bertz CT molecular complexity index is 454. The molecule has 3 heteroatoms. The van der Waals surface area contributed by atoms with Gasteiger partial charge in [-0.1, -0.05) is 36.8 Å². The third kappa shape index (κ3) is 2.15. The van der Waals surface area contributed by atoms with Gasteiger partial charge in [-0.25, -0.2) is 0 Å². The minimum absolute atomic E-state index is 0.0749. The lowest BCUT2D eigenvalue weighted by atomic mass is 10.1. The van der Waals surface area contributed by atoms with Gasteiger partial charge < -0.3 is 4.90 Å². The first-order chi connectivity index (χ1) is 8.65. The van der Waals surface area contributed by atoms with E-state index in [0.717, 1.165) is 12.5 Å². The summed E-state index contributed by atoms with van der Waals surface area (Å²) in [5, 5.41) is 3.32. The molecule has 18 heavy (non-hydrogen) atoms. The maximum atomic E-state index is 12.0. The fourth-order valence-corrected chi connectivity index (χ4v) is 2.70. The van der Waals surface area contributed by atoms with Crippen molar-refractivity contribution in [1.29, 1.82) is 0 Å². The lowest BCUT2D eigenvalue weighted by molar-refractivity contribution is -0.128. The lowest BCUT2D eigenvalue weighted by Crippen LogP contribution is -2.32. The molecule has 1 N–H and O–H groups in total. The molecule has 0 spiro atoms. The van der Waals surface area contributed by atoms with E-state index < -0.39 is 0 Å². The second kappa shape index (κ2) is 4.39. The normalized spacial score (nSPS) is 30.9. The van der Waals surface area contributed by atoms with Gasteiger partial charge in [-0.05, 0) is 30.7 Å². The standard InChI is InChI=1S/C15H20N2O/c1-10-3-5-12(6-4-10)15-16-8-14(18)17(15)9-13-7-11(13)2/h3-6,11,13,15-16H,7-9H2,1-2H3. The summed E-state index contributed by atoms with van der Waals surface area (Å²) >= 11 is 0. The molecule has 1 amide bonds. The first-order valence-electron chi connectivity index (χ1n) is 6.74. The molecule has 3 atom stereocenters. The maximum Gasteiger partial charge on any atom is 0.238 e. The molecular weight excluding hydrogens is 224 g/mol. The molecule has 3 unspecified atom stereocenters. The van der Waals surface area contributed by atoms with E-state index in [2.05, 4.69) is 43.4 Å². The van der Waals surface area contributed by atoms with E-state index >= 15 is 0 Å². The minimum Gasteiger partial charge on any atom is -0.322 e. The molecular formula is C15H20N2O. The largest absolute Gasteiger partial charge is 0.322 e. The summed E-state index contributed by atoms with van der Waals surface area (Å²) in [4.78, 5) is 14.0. The number of carbonyl (C=O) groups is 1. The highest BCUT2D eigenvalue weighted by Crippen LogP contribution is 2.40. The van der Waals surface area contributed by atoms with Crippen LogP contribution in [0.25, 0.3) is 0 Å².